The zero-order chi connectivity index (χ0) is 23.9. The second kappa shape index (κ2) is 11.0. The minimum absolute atomic E-state index is 0.0528. The van der Waals surface area contributed by atoms with E-state index >= 15 is 0 Å². The molecule has 8 nitrogen and oxygen atoms in total. The number of aryl methyl sites for hydroxylation is 2. The van der Waals surface area contributed by atoms with E-state index in [9.17, 15) is 9.59 Å². The first-order valence-electron chi connectivity index (χ1n) is 12.0. The van der Waals surface area contributed by atoms with Gasteiger partial charge >= 0.3 is 0 Å². The van der Waals surface area contributed by atoms with Gasteiger partial charge in [0.1, 0.15) is 17.3 Å². The van der Waals surface area contributed by atoms with Crippen LogP contribution in [0.4, 0.5) is 5.82 Å². The lowest BCUT2D eigenvalue weighted by atomic mass is 10.2. The molecule has 4 rings (SSSR count). The van der Waals surface area contributed by atoms with E-state index in [1.54, 1.807) is 4.90 Å². The summed E-state index contributed by atoms with van der Waals surface area (Å²) in [6.45, 7) is 4.70. The van der Waals surface area contributed by atoms with Gasteiger partial charge in [-0.15, -0.1) is 0 Å². The minimum atomic E-state index is -0.133. The second-order valence-corrected chi connectivity index (χ2v) is 8.64. The molecule has 2 aromatic heterocycles. The molecule has 0 radical (unpaired) electrons. The van der Waals surface area contributed by atoms with Gasteiger partial charge in [-0.05, 0) is 42.7 Å². The summed E-state index contributed by atoms with van der Waals surface area (Å²) in [6.07, 6.45) is 5.28. The third-order valence-electron chi connectivity index (χ3n) is 6.04. The number of anilines is 1. The Morgan fingerprint density at radius 3 is 2.68 bits per heavy atom. The Kier molecular flexibility index (Phi) is 7.67. The van der Waals surface area contributed by atoms with Crippen LogP contribution in [0.2, 0.25) is 0 Å². The van der Waals surface area contributed by atoms with Crippen molar-refractivity contribution >= 4 is 17.6 Å². The smallest absolute Gasteiger partial charge is 0.228 e. The number of carbonyl (C=O) groups is 2. The first-order chi connectivity index (χ1) is 16.5. The third-order valence-corrected chi connectivity index (χ3v) is 6.04. The van der Waals surface area contributed by atoms with Gasteiger partial charge in [0.25, 0.3) is 0 Å². The average Bonchev–Trinajstić information content (AvgIpc) is 3.47. The van der Waals surface area contributed by atoms with Gasteiger partial charge in [-0.1, -0.05) is 25.5 Å². The number of carbonyl (C=O) groups excluding carboxylic acids is 2. The van der Waals surface area contributed by atoms with Crippen LogP contribution in [0, 0.1) is 0 Å². The number of fused-ring (bicyclic) bond motifs is 1. The number of hydrogen-bond acceptors (Lipinski definition) is 4. The number of hydrogen-bond donors (Lipinski definition) is 1. The maximum atomic E-state index is 12.9. The van der Waals surface area contributed by atoms with E-state index in [1.165, 1.54) is 0 Å². The van der Waals surface area contributed by atoms with Gasteiger partial charge < -0.3 is 14.6 Å². The highest BCUT2D eigenvalue weighted by molar-refractivity contribution is 5.95. The molecule has 1 aromatic carbocycles. The van der Waals surface area contributed by atoms with Gasteiger partial charge in [0.2, 0.25) is 11.8 Å². The molecule has 0 unspecified atom stereocenters. The van der Waals surface area contributed by atoms with Crippen LogP contribution < -0.4 is 15.0 Å². The molecule has 34 heavy (non-hydrogen) atoms. The molecule has 3 heterocycles. The molecular weight excluding hydrogens is 430 g/mol. The average molecular weight is 464 g/mol. The number of aromatic nitrogens is 3. The Labute approximate surface area is 200 Å². The molecule has 0 saturated carbocycles. The van der Waals surface area contributed by atoms with E-state index in [0.717, 1.165) is 54.3 Å². The van der Waals surface area contributed by atoms with E-state index in [1.807, 2.05) is 65.0 Å². The summed E-state index contributed by atoms with van der Waals surface area (Å²) < 4.78 is 9.57. The largest absolute Gasteiger partial charge is 0.494 e. The number of ether oxygens (including phenoxy) is 1. The predicted octanol–water partition coefficient (Wildman–Crippen LogP) is 3.90. The first kappa shape index (κ1) is 23.6. The maximum absolute atomic E-state index is 12.9. The number of unbranched alkanes of at least 4 members (excludes halogenated alkanes) is 1. The van der Waals surface area contributed by atoms with Crippen LogP contribution >= 0.6 is 0 Å². The number of benzene rings is 1. The minimum Gasteiger partial charge on any atom is -0.494 e. The molecule has 3 aromatic rings. The van der Waals surface area contributed by atoms with Crippen LogP contribution in [0.15, 0.2) is 48.7 Å². The van der Waals surface area contributed by atoms with Gasteiger partial charge in [-0.2, -0.15) is 5.10 Å². The van der Waals surface area contributed by atoms with Gasteiger partial charge in [-0.25, -0.2) is 4.68 Å². The molecule has 0 bridgehead atoms. The van der Waals surface area contributed by atoms with Crippen LogP contribution in [0.25, 0.3) is 11.4 Å². The Hall–Kier alpha value is -3.55. The van der Waals surface area contributed by atoms with E-state index in [4.69, 9.17) is 4.74 Å². The molecule has 2 amide bonds. The van der Waals surface area contributed by atoms with E-state index in [0.29, 0.717) is 19.7 Å². The lowest BCUT2D eigenvalue weighted by Gasteiger charge is -2.27. The van der Waals surface area contributed by atoms with E-state index < -0.39 is 0 Å². The van der Waals surface area contributed by atoms with Gasteiger partial charge in [0.05, 0.1) is 12.3 Å². The lowest BCUT2D eigenvalue weighted by Crippen LogP contribution is -2.38. The monoisotopic (exact) mass is 463 g/mol. The molecule has 1 aliphatic rings. The summed E-state index contributed by atoms with van der Waals surface area (Å²) in [5.41, 5.74) is 2.85. The summed E-state index contributed by atoms with van der Waals surface area (Å²) in [5, 5.41) is 7.59. The standard InChI is InChI=1S/C26H33N5O3/c1-3-4-17-34-21-10-8-20(9-11-21)19-27-24(32)12-13-26(33)30-15-6-16-31-25(30)18-22(28-31)23-7-5-14-29(23)2/h5,7-11,14,18H,3-4,6,12-13,15-17,19H2,1-2H3,(H,27,32). The quantitative estimate of drug-likeness (QED) is 0.463. The number of nitrogens with one attached hydrogen (secondary N) is 1. The number of amides is 2. The highest BCUT2D eigenvalue weighted by Crippen LogP contribution is 2.28. The first-order valence-corrected chi connectivity index (χ1v) is 12.0. The third kappa shape index (κ3) is 5.68. The van der Waals surface area contributed by atoms with Gasteiger partial charge in [0, 0.05) is 51.8 Å². The topological polar surface area (TPSA) is 81.4 Å². The molecular formula is C26H33N5O3. The van der Waals surface area contributed by atoms with Gasteiger partial charge in [-0.3, -0.25) is 14.5 Å². The fourth-order valence-electron chi connectivity index (χ4n) is 4.07. The Bertz CT molecular complexity index is 1120. The fourth-order valence-corrected chi connectivity index (χ4v) is 4.07. The SMILES string of the molecule is CCCCOc1ccc(CNC(=O)CCC(=O)N2CCCn3nc(-c4cccn4C)cc32)cc1. The molecule has 180 valence electrons. The number of nitrogens with zero attached hydrogens (tertiary/aromatic N) is 4. The Morgan fingerprint density at radius 2 is 1.94 bits per heavy atom. The number of rotatable bonds is 10. The van der Waals surface area contributed by atoms with Crippen LogP contribution in [0.3, 0.4) is 0 Å². The molecule has 1 N–H and O–H groups in total. The summed E-state index contributed by atoms with van der Waals surface area (Å²) in [4.78, 5) is 27.1. The summed E-state index contributed by atoms with van der Waals surface area (Å²) in [7, 11) is 1.98. The maximum Gasteiger partial charge on any atom is 0.228 e. The van der Waals surface area contributed by atoms with Crippen molar-refractivity contribution in [3.8, 4) is 17.1 Å². The molecule has 0 saturated heterocycles. The van der Waals surface area contributed by atoms with E-state index in [-0.39, 0.29) is 24.7 Å². The fraction of sp³-hybridized carbons (Fsp3) is 0.423. The summed E-state index contributed by atoms with van der Waals surface area (Å²) >= 11 is 0. The van der Waals surface area contributed by atoms with Crippen LogP contribution in [-0.4, -0.2) is 39.3 Å². The predicted molar refractivity (Wildman–Crippen MR) is 132 cm³/mol. The second-order valence-electron chi connectivity index (χ2n) is 8.64. The molecule has 1 aliphatic heterocycles. The highest BCUT2D eigenvalue weighted by Gasteiger charge is 2.25. The van der Waals surface area contributed by atoms with Crippen molar-refractivity contribution in [2.45, 2.75) is 52.1 Å². The molecule has 0 atom stereocenters. The van der Waals surface area contributed by atoms with Crippen LogP contribution in [0.5, 0.6) is 5.75 Å². The van der Waals surface area contributed by atoms with Crippen molar-refractivity contribution < 1.29 is 14.3 Å². The lowest BCUT2D eigenvalue weighted by molar-refractivity contribution is -0.125. The molecule has 0 fully saturated rings. The van der Waals surface area contributed by atoms with Crippen LogP contribution in [0.1, 0.15) is 44.6 Å². The normalized spacial score (nSPS) is 12.9. The summed E-state index contributed by atoms with van der Waals surface area (Å²) in [6, 6.07) is 13.7. The van der Waals surface area contributed by atoms with Crippen LogP contribution in [-0.2, 0) is 29.7 Å². The Balaban J connectivity index is 1.27. The van der Waals surface area contributed by atoms with E-state index in [2.05, 4.69) is 17.3 Å². The molecule has 8 heteroatoms. The van der Waals surface area contributed by atoms with Gasteiger partial charge in [0.15, 0.2) is 0 Å². The van der Waals surface area contributed by atoms with Crippen molar-refractivity contribution in [3.63, 3.8) is 0 Å². The summed E-state index contributed by atoms with van der Waals surface area (Å²) in [5.74, 6) is 1.45. The van der Waals surface area contributed by atoms with Crippen molar-refractivity contribution in [1.82, 2.24) is 19.7 Å². The highest BCUT2D eigenvalue weighted by atomic mass is 16.5. The molecule has 0 aliphatic carbocycles. The van der Waals surface area contributed by atoms with Crippen molar-refractivity contribution in [3.05, 3.63) is 54.2 Å². The zero-order valence-corrected chi connectivity index (χ0v) is 20.0. The zero-order valence-electron chi connectivity index (χ0n) is 20.0. The van der Waals surface area contributed by atoms with Crippen molar-refractivity contribution in [2.24, 2.45) is 7.05 Å². The van der Waals surface area contributed by atoms with Crippen molar-refractivity contribution in [2.75, 3.05) is 18.1 Å². The Morgan fingerprint density at radius 1 is 1.12 bits per heavy atom. The molecule has 0 spiro atoms. The van der Waals surface area contributed by atoms with Crippen molar-refractivity contribution in [1.29, 1.82) is 0 Å².